The molecule has 2 aromatic heterocycles. The number of carbonyl (C=O) groups excluding carboxylic acids is 1. The summed E-state index contributed by atoms with van der Waals surface area (Å²) in [7, 11) is -1.78. The van der Waals surface area contributed by atoms with Crippen LogP contribution in [0.3, 0.4) is 0 Å². The lowest BCUT2D eigenvalue weighted by atomic mass is 9.91. The van der Waals surface area contributed by atoms with Gasteiger partial charge in [0.05, 0.1) is 4.90 Å². The molecule has 4 aliphatic rings. The number of nitrogens with one attached hydrogen (secondary N) is 2. The summed E-state index contributed by atoms with van der Waals surface area (Å²) >= 11 is 0. The van der Waals surface area contributed by atoms with Crippen LogP contribution in [0, 0.1) is 0 Å². The Morgan fingerprint density at radius 3 is 2.82 bits per heavy atom. The maximum absolute atomic E-state index is 13.6. The number of aromatic nitrogens is 2. The number of rotatable bonds is 8. The van der Waals surface area contributed by atoms with Crippen molar-refractivity contribution in [3.8, 4) is 0 Å². The quantitative estimate of drug-likeness (QED) is 0.518. The Kier molecular flexibility index (Phi) is 5.66. The fourth-order valence-electron chi connectivity index (χ4n) is 5.08. The third-order valence-corrected chi connectivity index (χ3v) is 9.78. The van der Waals surface area contributed by atoms with Gasteiger partial charge in [0, 0.05) is 43.4 Å². The smallest absolute Gasteiger partial charge is 0.273 e. The summed E-state index contributed by atoms with van der Waals surface area (Å²) in [6.45, 7) is 1.03. The van der Waals surface area contributed by atoms with Crippen LogP contribution in [-0.4, -0.2) is 66.5 Å². The van der Waals surface area contributed by atoms with E-state index in [1.54, 1.807) is 18.2 Å². The first-order chi connectivity index (χ1) is 15.8. The zero-order valence-electron chi connectivity index (χ0n) is 18.7. The lowest BCUT2D eigenvalue weighted by Gasteiger charge is -2.54. The monoisotopic (exact) mass is 474 g/mol. The predicted molar refractivity (Wildman–Crippen MR) is 121 cm³/mol. The molecule has 0 radical (unpaired) electrons. The lowest BCUT2D eigenvalue weighted by molar-refractivity contribution is 0.0128. The number of hydrogen-bond donors (Lipinski definition) is 3. The molecule has 4 N–H and O–H groups in total. The second kappa shape index (κ2) is 8.37. The Hall–Kier alpha value is -2.50. The summed E-state index contributed by atoms with van der Waals surface area (Å²) < 4.78 is 32.5. The first-order valence-corrected chi connectivity index (χ1v) is 13.0. The Morgan fingerprint density at radius 1 is 1.33 bits per heavy atom. The van der Waals surface area contributed by atoms with Crippen molar-refractivity contribution in [1.82, 2.24) is 20.4 Å². The third-order valence-electron chi connectivity index (χ3n) is 7.26. The fraction of sp³-hybridized carbons (Fsp3) is 0.591. The van der Waals surface area contributed by atoms with Crippen LogP contribution in [-0.2, 0) is 9.84 Å². The zero-order chi connectivity index (χ0) is 23.2. The summed E-state index contributed by atoms with van der Waals surface area (Å²) in [6, 6.07) is 4.96. The summed E-state index contributed by atoms with van der Waals surface area (Å²) in [5, 5.41) is 10.0. The molecule has 2 saturated heterocycles. The molecule has 11 heteroatoms. The van der Waals surface area contributed by atoms with Crippen molar-refractivity contribution in [2.24, 2.45) is 5.73 Å². The van der Waals surface area contributed by atoms with Gasteiger partial charge in [0.1, 0.15) is 16.4 Å². The normalized spacial score (nSPS) is 27.5. The van der Waals surface area contributed by atoms with Crippen LogP contribution in [0.1, 0.15) is 60.7 Å². The number of nitrogens with two attached hydrogens (primary N) is 1. The van der Waals surface area contributed by atoms with Crippen molar-refractivity contribution < 1.29 is 17.7 Å². The highest BCUT2D eigenvalue weighted by molar-refractivity contribution is 7.92. The average molecular weight is 475 g/mol. The molecule has 4 fully saturated rings. The van der Waals surface area contributed by atoms with Crippen molar-refractivity contribution in [1.29, 1.82) is 0 Å². The SMILES string of the molecule is CN1C2CC(NC(=O)c3cc(C4CC4)on3)CCC1(S(=O)(=O)c1ccc(NCCN)nc1)C2. The van der Waals surface area contributed by atoms with E-state index in [-0.39, 0.29) is 22.9 Å². The molecule has 2 saturated carbocycles. The Morgan fingerprint density at radius 2 is 2.15 bits per heavy atom. The van der Waals surface area contributed by atoms with Gasteiger partial charge in [0.2, 0.25) is 0 Å². The van der Waals surface area contributed by atoms with Gasteiger partial charge in [-0.05, 0) is 57.7 Å². The van der Waals surface area contributed by atoms with Crippen molar-refractivity contribution in [2.75, 3.05) is 25.5 Å². The van der Waals surface area contributed by atoms with Gasteiger partial charge in [-0.15, -0.1) is 0 Å². The molecule has 0 spiro atoms. The van der Waals surface area contributed by atoms with E-state index in [0.717, 1.165) is 18.6 Å². The molecular formula is C22H30N6O4S. The Labute approximate surface area is 193 Å². The van der Waals surface area contributed by atoms with E-state index in [1.807, 2.05) is 11.9 Å². The van der Waals surface area contributed by atoms with Gasteiger partial charge in [0.15, 0.2) is 15.5 Å². The van der Waals surface area contributed by atoms with E-state index in [1.165, 1.54) is 6.20 Å². The number of sulfone groups is 1. The van der Waals surface area contributed by atoms with Crippen molar-refractivity contribution in [2.45, 2.75) is 66.3 Å². The van der Waals surface area contributed by atoms with Crippen LogP contribution in [0.15, 0.2) is 33.8 Å². The molecule has 2 aliphatic carbocycles. The van der Waals surface area contributed by atoms with E-state index in [0.29, 0.717) is 56.2 Å². The molecule has 0 aromatic carbocycles. The first kappa shape index (κ1) is 22.3. The fourth-order valence-corrected chi connectivity index (χ4v) is 7.28. The van der Waals surface area contributed by atoms with E-state index in [9.17, 15) is 13.2 Å². The molecular weight excluding hydrogens is 444 g/mol. The maximum atomic E-state index is 13.6. The molecule has 2 bridgehead atoms. The number of carbonyl (C=O) groups is 1. The lowest BCUT2D eigenvalue weighted by Crippen LogP contribution is -2.66. The number of anilines is 1. The van der Waals surface area contributed by atoms with E-state index in [2.05, 4.69) is 20.8 Å². The van der Waals surface area contributed by atoms with Gasteiger partial charge < -0.3 is 20.9 Å². The second-order valence-electron chi connectivity index (χ2n) is 9.35. The number of nitrogens with zero attached hydrogens (tertiary/aromatic N) is 3. The molecule has 10 nitrogen and oxygen atoms in total. The number of amides is 1. The molecule has 6 rings (SSSR count). The molecule has 2 aromatic rings. The highest BCUT2D eigenvalue weighted by Gasteiger charge is 2.60. The van der Waals surface area contributed by atoms with Crippen molar-refractivity contribution in [3.05, 3.63) is 35.9 Å². The largest absolute Gasteiger partial charge is 0.369 e. The Bertz CT molecular complexity index is 1130. The van der Waals surface area contributed by atoms with Crippen LogP contribution < -0.4 is 16.4 Å². The summed E-state index contributed by atoms with van der Waals surface area (Å²) in [4.78, 5) is 18.1. The number of pyridine rings is 1. The molecule has 4 heterocycles. The minimum atomic E-state index is -3.64. The summed E-state index contributed by atoms with van der Waals surface area (Å²) in [5.41, 5.74) is 5.78. The molecule has 3 unspecified atom stereocenters. The highest BCUT2D eigenvalue weighted by atomic mass is 32.2. The van der Waals surface area contributed by atoms with Gasteiger partial charge in [-0.25, -0.2) is 13.4 Å². The summed E-state index contributed by atoms with van der Waals surface area (Å²) in [6.07, 6.45) is 5.82. The van der Waals surface area contributed by atoms with Gasteiger partial charge in [0.25, 0.3) is 5.91 Å². The topological polar surface area (TPSA) is 143 Å². The van der Waals surface area contributed by atoms with E-state index >= 15 is 0 Å². The standard InChI is InChI=1S/C22H30N6O4S/c1-28-16-10-15(26-21(29)18-11-19(32-27-18)14-2-3-14)6-7-22(28,12-16)33(30,31)17-4-5-20(25-13-17)24-9-8-23/h4-5,11,13-16H,2-3,6-10,12,23H2,1H3,(H,24,25)(H,26,29). The molecule has 178 valence electrons. The zero-order valence-corrected chi connectivity index (χ0v) is 19.5. The van der Waals surface area contributed by atoms with Gasteiger partial charge in [-0.2, -0.15) is 0 Å². The van der Waals surface area contributed by atoms with Gasteiger partial charge in [-0.1, -0.05) is 5.16 Å². The minimum absolute atomic E-state index is 0.0883. The first-order valence-electron chi connectivity index (χ1n) is 11.5. The molecule has 2 aliphatic heterocycles. The molecule has 1 amide bonds. The molecule has 33 heavy (non-hydrogen) atoms. The average Bonchev–Trinajstić information content (AvgIpc) is 3.60. The predicted octanol–water partition coefficient (Wildman–Crippen LogP) is 1.47. The highest BCUT2D eigenvalue weighted by Crippen LogP contribution is 2.50. The van der Waals surface area contributed by atoms with Crippen LogP contribution in [0.25, 0.3) is 0 Å². The van der Waals surface area contributed by atoms with E-state index < -0.39 is 14.7 Å². The van der Waals surface area contributed by atoms with Crippen LogP contribution in [0.2, 0.25) is 0 Å². The third kappa shape index (κ3) is 3.91. The second-order valence-corrected chi connectivity index (χ2v) is 11.6. The number of fused-ring (bicyclic) bond motifs is 3. The Balaban J connectivity index is 1.28. The van der Waals surface area contributed by atoms with Crippen molar-refractivity contribution >= 4 is 21.6 Å². The van der Waals surface area contributed by atoms with Crippen molar-refractivity contribution in [3.63, 3.8) is 0 Å². The van der Waals surface area contributed by atoms with Crippen LogP contribution in [0.5, 0.6) is 0 Å². The molecule has 3 atom stereocenters. The van der Waals surface area contributed by atoms with Crippen LogP contribution in [0.4, 0.5) is 5.82 Å². The van der Waals surface area contributed by atoms with Gasteiger partial charge in [-0.3, -0.25) is 9.69 Å². The van der Waals surface area contributed by atoms with E-state index in [4.69, 9.17) is 10.3 Å². The summed E-state index contributed by atoms with van der Waals surface area (Å²) in [5.74, 6) is 1.49. The van der Waals surface area contributed by atoms with Gasteiger partial charge >= 0.3 is 0 Å². The maximum Gasteiger partial charge on any atom is 0.273 e. The number of hydrogen-bond acceptors (Lipinski definition) is 9. The minimum Gasteiger partial charge on any atom is -0.369 e. The van der Waals surface area contributed by atoms with Crippen LogP contribution >= 0.6 is 0 Å².